The van der Waals surface area contributed by atoms with Gasteiger partial charge in [0.25, 0.3) is 0 Å². The molecule has 1 atom stereocenters. The van der Waals surface area contributed by atoms with Crippen LogP contribution in [0.2, 0.25) is 0 Å². The first kappa shape index (κ1) is 20.4. The van der Waals surface area contributed by atoms with E-state index in [4.69, 9.17) is 14.2 Å². The van der Waals surface area contributed by atoms with E-state index in [0.717, 1.165) is 28.8 Å². The third kappa shape index (κ3) is 4.57. The molecule has 0 bridgehead atoms. The maximum absolute atomic E-state index is 12.3. The van der Waals surface area contributed by atoms with E-state index in [1.807, 2.05) is 41.8 Å². The molecule has 8 heteroatoms. The third-order valence-electron chi connectivity index (χ3n) is 4.25. The highest BCUT2D eigenvalue weighted by molar-refractivity contribution is 7.84. The molecule has 3 aromatic rings. The van der Waals surface area contributed by atoms with Gasteiger partial charge in [0.15, 0.2) is 0 Å². The van der Waals surface area contributed by atoms with Gasteiger partial charge in [-0.25, -0.2) is 9.97 Å². The van der Waals surface area contributed by atoms with Crippen molar-refractivity contribution < 1.29 is 18.4 Å². The molecule has 3 rings (SSSR count). The monoisotopic (exact) mass is 403 g/mol. The molecule has 0 aliphatic carbocycles. The van der Waals surface area contributed by atoms with Crippen molar-refractivity contribution in [3.63, 3.8) is 0 Å². The summed E-state index contributed by atoms with van der Waals surface area (Å²) < 4.78 is 30.5. The Morgan fingerprint density at radius 1 is 1.11 bits per heavy atom. The molecule has 0 saturated carbocycles. The molecule has 0 N–H and O–H groups in total. The molecule has 0 aliphatic rings. The smallest absolute Gasteiger partial charge is 0.205 e. The largest absolute Gasteiger partial charge is 0.493 e. The van der Waals surface area contributed by atoms with Crippen molar-refractivity contribution in [1.29, 1.82) is 0 Å². The third-order valence-corrected chi connectivity index (χ3v) is 5.04. The van der Waals surface area contributed by atoms with Gasteiger partial charge in [-0.2, -0.15) is 0 Å². The number of aromatic nitrogens is 3. The van der Waals surface area contributed by atoms with E-state index in [-0.39, 0.29) is 0 Å². The van der Waals surface area contributed by atoms with Gasteiger partial charge in [-0.3, -0.25) is 8.78 Å². The van der Waals surface area contributed by atoms with Crippen molar-refractivity contribution in [3.8, 4) is 11.6 Å². The summed E-state index contributed by atoms with van der Waals surface area (Å²) in [7, 11) is 0.397. The van der Waals surface area contributed by atoms with E-state index in [9.17, 15) is 4.21 Å². The van der Waals surface area contributed by atoms with Crippen molar-refractivity contribution >= 4 is 21.8 Å². The van der Waals surface area contributed by atoms with Crippen LogP contribution in [-0.2, 0) is 20.3 Å². The van der Waals surface area contributed by atoms with Crippen LogP contribution in [0.15, 0.2) is 41.7 Å². The highest BCUT2D eigenvalue weighted by Crippen LogP contribution is 2.28. The molecular weight excluding hydrogens is 378 g/mol. The fourth-order valence-electron chi connectivity index (χ4n) is 2.88. The minimum absolute atomic E-state index is 0.473. The molecule has 0 radical (unpaired) electrons. The van der Waals surface area contributed by atoms with E-state index >= 15 is 0 Å². The average Bonchev–Trinajstić information content (AvgIpc) is 3.08. The highest BCUT2D eigenvalue weighted by Gasteiger charge is 2.18. The maximum Gasteiger partial charge on any atom is 0.205 e. The number of nitrogens with zero attached hydrogens (tertiary/aromatic N) is 3. The second-order valence-corrected chi connectivity index (χ2v) is 7.51. The van der Waals surface area contributed by atoms with Crippen LogP contribution in [0, 0.1) is 6.92 Å². The highest BCUT2D eigenvalue weighted by atomic mass is 32.2. The van der Waals surface area contributed by atoms with Crippen LogP contribution in [0.4, 0.5) is 0 Å². The number of benzene rings is 1. The topological polar surface area (TPSA) is 75.5 Å². The van der Waals surface area contributed by atoms with E-state index in [0.29, 0.717) is 37.4 Å². The van der Waals surface area contributed by atoms with E-state index in [1.165, 1.54) is 0 Å². The number of ether oxygens (including phenoxy) is 3. The van der Waals surface area contributed by atoms with Gasteiger partial charge < -0.3 is 14.2 Å². The molecule has 28 heavy (non-hydrogen) atoms. The Balaban J connectivity index is 1.81. The zero-order chi connectivity index (χ0) is 19.9. The quantitative estimate of drug-likeness (QED) is 0.485. The van der Waals surface area contributed by atoms with Gasteiger partial charge in [0.05, 0.1) is 41.7 Å². The molecule has 7 nitrogen and oxygen atoms in total. The lowest BCUT2D eigenvalue weighted by atomic mass is 10.2. The summed E-state index contributed by atoms with van der Waals surface area (Å²) in [5, 5.41) is 0.473. The molecule has 0 aliphatic heterocycles. The summed E-state index contributed by atoms with van der Waals surface area (Å²) in [6.07, 6.45) is 4.10. The van der Waals surface area contributed by atoms with Crippen LogP contribution in [0.25, 0.3) is 16.9 Å². The van der Waals surface area contributed by atoms with E-state index in [2.05, 4.69) is 9.97 Å². The number of methoxy groups -OCH3 is 1. The average molecular weight is 404 g/mol. The summed E-state index contributed by atoms with van der Waals surface area (Å²) in [4.78, 5) is 9.05. The van der Waals surface area contributed by atoms with Gasteiger partial charge in [-0.05, 0) is 25.1 Å². The minimum Gasteiger partial charge on any atom is -0.493 e. The predicted molar refractivity (Wildman–Crippen MR) is 109 cm³/mol. The van der Waals surface area contributed by atoms with Crippen molar-refractivity contribution in [3.05, 3.63) is 42.1 Å². The van der Waals surface area contributed by atoms with Crippen LogP contribution >= 0.6 is 0 Å². The van der Waals surface area contributed by atoms with Gasteiger partial charge in [0, 0.05) is 38.2 Å². The summed E-state index contributed by atoms with van der Waals surface area (Å²) in [5.41, 5.74) is 2.53. The lowest BCUT2D eigenvalue weighted by Crippen LogP contribution is -2.09. The van der Waals surface area contributed by atoms with Gasteiger partial charge in [-0.1, -0.05) is 12.1 Å². The zero-order valence-electron chi connectivity index (χ0n) is 16.4. The summed E-state index contributed by atoms with van der Waals surface area (Å²) in [5.74, 6) is 1.42. The second kappa shape index (κ2) is 9.77. The summed E-state index contributed by atoms with van der Waals surface area (Å²) >= 11 is 0. The Bertz CT molecular complexity index is 958. The molecular formula is C20H25N3O4S. The van der Waals surface area contributed by atoms with Crippen LogP contribution in [0.5, 0.6) is 5.75 Å². The maximum atomic E-state index is 12.3. The number of fused-ring (bicyclic) bond motifs is 1. The molecule has 0 fully saturated rings. The van der Waals surface area contributed by atoms with Gasteiger partial charge in [0.2, 0.25) is 5.16 Å². The van der Waals surface area contributed by atoms with Crippen molar-refractivity contribution in [1.82, 2.24) is 14.5 Å². The van der Waals surface area contributed by atoms with Crippen LogP contribution in [0.3, 0.4) is 0 Å². The Morgan fingerprint density at radius 2 is 1.93 bits per heavy atom. The Labute approximate surface area is 167 Å². The summed E-state index contributed by atoms with van der Waals surface area (Å²) in [6.45, 7) is 4.27. The number of para-hydroxylation sites is 2. The lowest BCUT2D eigenvalue weighted by Gasteiger charge is -2.14. The molecule has 150 valence electrons. The fraction of sp³-hybridized carbons (Fsp3) is 0.400. The van der Waals surface area contributed by atoms with Crippen molar-refractivity contribution in [2.24, 2.45) is 0 Å². The first-order chi connectivity index (χ1) is 13.6. The first-order valence-electron chi connectivity index (χ1n) is 9.10. The normalized spacial score (nSPS) is 12.4. The predicted octanol–water partition coefficient (Wildman–Crippen LogP) is 2.90. The standard InChI is InChI=1S/C20H25N3O4S/c1-15-18(27-12-6-11-26-14-13-25-2)9-10-21-19(15)23-17-8-5-4-7-16(17)22-20(23)28(3)24/h4-5,7-10H,6,11-14H2,1-3H3. The van der Waals surface area contributed by atoms with E-state index in [1.54, 1.807) is 19.6 Å². The number of rotatable bonds is 10. The van der Waals surface area contributed by atoms with Crippen LogP contribution < -0.4 is 4.74 Å². The number of pyridine rings is 1. The number of imidazole rings is 1. The molecule has 1 aromatic carbocycles. The second-order valence-electron chi connectivity index (χ2n) is 6.24. The SMILES string of the molecule is COCCOCCCOc1ccnc(-n2c(S(C)=O)nc3ccccc32)c1C. The molecule has 0 saturated heterocycles. The van der Waals surface area contributed by atoms with E-state index < -0.39 is 10.8 Å². The van der Waals surface area contributed by atoms with Crippen LogP contribution in [0.1, 0.15) is 12.0 Å². The van der Waals surface area contributed by atoms with Gasteiger partial charge in [0.1, 0.15) is 11.6 Å². The molecule has 2 aromatic heterocycles. The van der Waals surface area contributed by atoms with Crippen molar-refractivity contribution in [2.45, 2.75) is 18.5 Å². The number of hydrogen-bond acceptors (Lipinski definition) is 6. The molecule has 1 unspecified atom stereocenters. The van der Waals surface area contributed by atoms with Gasteiger partial charge >= 0.3 is 0 Å². The first-order valence-corrected chi connectivity index (χ1v) is 10.7. The Hall–Kier alpha value is -2.29. The lowest BCUT2D eigenvalue weighted by molar-refractivity contribution is 0.0644. The zero-order valence-corrected chi connectivity index (χ0v) is 17.2. The molecule has 0 amide bonds. The number of hydrogen-bond donors (Lipinski definition) is 0. The Morgan fingerprint density at radius 3 is 2.71 bits per heavy atom. The minimum atomic E-state index is -1.26. The fourth-order valence-corrected chi connectivity index (χ4v) is 3.55. The molecule has 0 spiro atoms. The van der Waals surface area contributed by atoms with Crippen molar-refractivity contribution in [2.75, 3.05) is 39.8 Å². The van der Waals surface area contributed by atoms with Crippen LogP contribution in [-0.4, -0.2) is 58.5 Å². The molecule has 2 heterocycles. The van der Waals surface area contributed by atoms with Gasteiger partial charge in [-0.15, -0.1) is 0 Å². The summed E-state index contributed by atoms with van der Waals surface area (Å²) in [6, 6.07) is 9.54. The Kier molecular flexibility index (Phi) is 7.13.